The number of nitrogen functional groups attached to an aromatic ring is 1. The lowest BCUT2D eigenvalue weighted by atomic mass is 10.1. The fraction of sp³-hybridized carbons (Fsp3) is 0.100. The Hall–Kier alpha value is -3.32. The Morgan fingerprint density at radius 1 is 1.04 bits per heavy atom. The Labute approximate surface area is 158 Å². The van der Waals surface area contributed by atoms with E-state index in [0.29, 0.717) is 38.1 Å². The highest BCUT2D eigenvalue weighted by atomic mass is 32.1. The van der Waals surface area contributed by atoms with Crippen molar-refractivity contribution < 1.29 is 14.3 Å². The van der Waals surface area contributed by atoms with Gasteiger partial charge in [-0.3, -0.25) is 9.36 Å². The van der Waals surface area contributed by atoms with Crippen molar-refractivity contribution in [2.75, 3.05) is 20.0 Å². The van der Waals surface area contributed by atoms with Crippen LogP contribution in [0.15, 0.2) is 53.3 Å². The lowest BCUT2D eigenvalue weighted by molar-refractivity contribution is 0.0607. The summed E-state index contributed by atoms with van der Waals surface area (Å²) in [6.07, 6.45) is 0. The number of anilines is 1. The minimum Gasteiger partial charge on any atom is -0.495 e. The normalized spacial score (nSPS) is 11.0. The SMILES string of the molecule is COC(=O)c1sc2c(c1N)c1ccccc1c(=O)n2-c1ccccc1OC. The third-order valence-corrected chi connectivity index (χ3v) is 5.63. The molecule has 0 spiro atoms. The maximum absolute atomic E-state index is 13.3. The minimum absolute atomic E-state index is 0.208. The number of carbonyl (C=O) groups is 1. The highest BCUT2D eigenvalue weighted by molar-refractivity contribution is 7.21. The van der Waals surface area contributed by atoms with Crippen molar-refractivity contribution in [3.8, 4) is 11.4 Å². The molecule has 7 heteroatoms. The number of methoxy groups -OCH3 is 2. The highest BCUT2D eigenvalue weighted by Gasteiger charge is 2.24. The van der Waals surface area contributed by atoms with Crippen LogP contribution in [0, 0.1) is 0 Å². The number of rotatable bonds is 3. The van der Waals surface area contributed by atoms with Gasteiger partial charge >= 0.3 is 5.97 Å². The van der Waals surface area contributed by atoms with E-state index in [9.17, 15) is 9.59 Å². The molecule has 0 aliphatic heterocycles. The van der Waals surface area contributed by atoms with Crippen LogP contribution in [0.3, 0.4) is 0 Å². The van der Waals surface area contributed by atoms with Crippen LogP contribution in [0.5, 0.6) is 5.75 Å². The smallest absolute Gasteiger partial charge is 0.350 e. The molecule has 2 aromatic carbocycles. The summed E-state index contributed by atoms with van der Waals surface area (Å²) in [4.78, 5) is 26.4. The minimum atomic E-state index is -0.531. The lowest BCUT2D eigenvalue weighted by Crippen LogP contribution is -2.19. The Morgan fingerprint density at radius 3 is 2.41 bits per heavy atom. The maximum Gasteiger partial charge on any atom is 0.350 e. The van der Waals surface area contributed by atoms with Crippen molar-refractivity contribution in [1.82, 2.24) is 4.57 Å². The van der Waals surface area contributed by atoms with E-state index < -0.39 is 5.97 Å². The number of pyridine rings is 1. The van der Waals surface area contributed by atoms with Crippen LogP contribution < -0.4 is 16.0 Å². The summed E-state index contributed by atoms with van der Waals surface area (Å²) in [5.41, 5.74) is 6.99. The topological polar surface area (TPSA) is 83.5 Å². The lowest BCUT2D eigenvalue weighted by Gasteiger charge is -2.13. The fourth-order valence-electron chi connectivity index (χ4n) is 3.23. The zero-order chi connectivity index (χ0) is 19.1. The third kappa shape index (κ3) is 2.47. The average Bonchev–Trinajstić information content (AvgIpc) is 3.05. The molecule has 0 radical (unpaired) electrons. The van der Waals surface area contributed by atoms with E-state index in [4.69, 9.17) is 15.2 Å². The summed E-state index contributed by atoms with van der Waals surface area (Å²) in [6.45, 7) is 0. The first-order valence-corrected chi connectivity index (χ1v) is 8.97. The van der Waals surface area contributed by atoms with Crippen molar-refractivity contribution in [2.45, 2.75) is 0 Å². The molecule has 6 nitrogen and oxygen atoms in total. The van der Waals surface area contributed by atoms with Gasteiger partial charge in [-0.25, -0.2) is 4.79 Å². The van der Waals surface area contributed by atoms with Crippen molar-refractivity contribution in [2.24, 2.45) is 0 Å². The molecular formula is C20H16N2O4S. The van der Waals surface area contributed by atoms with Crippen LogP contribution in [-0.4, -0.2) is 24.8 Å². The number of hydrogen-bond acceptors (Lipinski definition) is 6. The predicted octanol–water partition coefficient (Wildman–Crippen LogP) is 3.58. The molecule has 0 bridgehead atoms. The zero-order valence-electron chi connectivity index (χ0n) is 14.7. The summed E-state index contributed by atoms with van der Waals surface area (Å²) in [5.74, 6) is 0.0135. The van der Waals surface area contributed by atoms with Crippen molar-refractivity contribution >= 4 is 44.0 Å². The van der Waals surface area contributed by atoms with E-state index in [-0.39, 0.29) is 10.4 Å². The van der Waals surface area contributed by atoms with Crippen molar-refractivity contribution in [3.05, 3.63) is 63.8 Å². The summed E-state index contributed by atoms with van der Waals surface area (Å²) in [7, 11) is 2.85. The summed E-state index contributed by atoms with van der Waals surface area (Å²) >= 11 is 1.13. The van der Waals surface area contributed by atoms with Gasteiger partial charge in [0, 0.05) is 10.8 Å². The van der Waals surface area contributed by atoms with E-state index in [1.54, 1.807) is 35.9 Å². The molecule has 4 rings (SSSR count). The van der Waals surface area contributed by atoms with E-state index >= 15 is 0 Å². The second kappa shape index (κ2) is 6.44. The molecule has 136 valence electrons. The Kier molecular flexibility index (Phi) is 4.08. The van der Waals surface area contributed by atoms with Gasteiger partial charge in [-0.1, -0.05) is 30.3 Å². The summed E-state index contributed by atoms with van der Waals surface area (Å²) in [5, 5.41) is 1.87. The molecule has 0 aliphatic carbocycles. The molecule has 0 atom stereocenters. The number of para-hydroxylation sites is 2. The number of nitrogens with two attached hydrogens (primary N) is 1. The second-order valence-corrected chi connectivity index (χ2v) is 6.87. The Balaban J connectivity index is 2.26. The number of benzene rings is 2. The number of ether oxygens (including phenoxy) is 2. The van der Waals surface area contributed by atoms with Crippen molar-refractivity contribution in [3.63, 3.8) is 0 Å². The van der Waals surface area contributed by atoms with Crippen LogP contribution in [0.2, 0.25) is 0 Å². The fourth-order valence-corrected chi connectivity index (χ4v) is 4.39. The molecule has 27 heavy (non-hydrogen) atoms. The highest BCUT2D eigenvalue weighted by Crippen LogP contribution is 2.39. The van der Waals surface area contributed by atoms with E-state index in [1.807, 2.05) is 24.3 Å². The third-order valence-electron chi connectivity index (χ3n) is 4.46. The van der Waals surface area contributed by atoms with E-state index in [2.05, 4.69) is 0 Å². The van der Waals surface area contributed by atoms with Gasteiger partial charge in [0.25, 0.3) is 5.56 Å². The van der Waals surface area contributed by atoms with Gasteiger partial charge < -0.3 is 15.2 Å². The van der Waals surface area contributed by atoms with Crippen LogP contribution in [0.25, 0.3) is 26.7 Å². The number of hydrogen-bond donors (Lipinski definition) is 1. The molecule has 0 fully saturated rings. The van der Waals surface area contributed by atoms with Gasteiger partial charge in [-0.05, 0) is 23.6 Å². The number of esters is 1. The van der Waals surface area contributed by atoms with Crippen LogP contribution in [-0.2, 0) is 4.74 Å². The van der Waals surface area contributed by atoms with Gasteiger partial charge in [-0.15, -0.1) is 11.3 Å². The van der Waals surface area contributed by atoms with Crippen LogP contribution in [0.4, 0.5) is 5.69 Å². The first-order valence-electron chi connectivity index (χ1n) is 8.16. The molecular weight excluding hydrogens is 364 g/mol. The number of thiophene rings is 1. The molecule has 0 saturated carbocycles. The van der Waals surface area contributed by atoms with Crippen molar-refractivity contribution in [1.29, 1.82) is 0 Å². The quantitative estimate of drug-likeness (QED) is 0.549. The van der Waals surface area contributed by atoms with E-state index in [0.717, 1.165) is 11.3 Å². The van der Waals surface area contributed by atoms with Gasteiger partial charge in [0.15, 0.2) is 0 Å². The van der Waals surface area contributed by atoms with Gasteiger partial charge in [0.1, 0.15) is 15.5 Å². The van der Waals surface area contributed by atoms with Gasteiger partial charge in [-0.2, -0.15) is 0 Å². The molecule has 0 aliphatic rings. The van der Waals surface area contributed by atoms with Crippen LogP contribution in [0.1, 0.15) is 9.67 Å². The predicted molar refractivity (Wildman–Crippen MR) is 107 cm³/mol. The molecule has 2 N–H and O–H groups in total. The van der Waals surface area contributed by atoms with E-state index in [1.165, 1.54) is 7.11 Å². The Bertz CT molecular complexity index is 1260. The summed E-state index contributed by atoms with van der Waals surface area (Å²) < 4.78 is 11.8. The molecule has 2 aromatic heterocycles. The number of nitrogens with zero attached hydrogens (tertiary/aromatic N) is 1. The number of carbonyl (C=O) groups excluding carboxylic acids is 1. The largest absolute Gasteiger partial charge is 0.495 e. The molecule has 0 saturated heterocycles. The summed E-state index contributed by atoms with van der Waals surface area (Å²) in [6, 6.07) is 14.4. The van der Waals surface area contributed by atoms with Gasteiger partial charge in [0.05, 0.1) is 25.6 Å². The van der Waals surface area contributed by atoms with Crippen LogP contribution >= 0.6 is 11.3 Å². The first-order chi connectivity index (χ1) is 13.1. The maximum atomic E-state index is 13.3. The standard InChI is InChI=1S/C20H16N2O4S/c1-25-14-10-6-5-9-13(14)22-18(23)12-8-4-3-7-11(12)15-16(21)17(20(24)26-2)27-19(15)22/h3-10H,21H2,1-2H3. The molecule has 0 amide bonds. The monoisotopic (exact) mass is 380 g/mol. The number of aromatic nitrogens is 1. The average molecular weight is 380 g/mol. The zero-order valence-corrected chi connectivity index (χ0v) is 15.5. The number of fused-ring (bicyclic) bond motifs is 3. The molecule has 0 unspecified atom stereocenters. The first kappa shape index (κ1) is 17.1. The second-order valence-electron chi connectivity index (χ2n) is 5.87. The van der Waals surface area contributed by atoms with Gasteiger partial charge in [0.2, 0.25) is 0 Å². The Morgan fingerprint density at radius 2 is 1.70 bits per heavy atom. The molecule has 2 heterocycles. The molecule has 4 aromatic rings.